The molecule has 0 spiro atoms. The fourth-order valence-electron chi connectivity index (χ4n) is 2.17. The molecule has 0 bridgehead atoms. The van der Waals surface area contributed by atoms with Crippen molar-refractivity contribution >= 4 is 15.9 Å². The standard InChI is InChI=1S/C12H13BrN4O/c1-12(5-3-7-15-12)11-16-10(17-18-11)9-8(13)4-2-6-14-9/h2,4,6,15H,3,5,7H2,1H3. The third kappa shape index (κ3) is 1.95. The average molecular weight is 309 g/mol. The maximum Gasteiger partial charge on any atom is 0.247 e. The molecule has 1 aliphatic heterocycles. The molecule has 1 N–H and O–H groups in total. The smallest absolute Gasteiger partial charge is 0.247 e. The van der Waals surface area contributed by atoms with E-state index in [1.165, 1.54) is 0 Å². The number of hydrogen-bond acceptors (Lipinski definition) is 5. The van der Waals surface area contributed by atoms with E-state index >= 15 is 0 Å². The lowest BCUT2D eigenvalue weighted by atomic mass is 10.0. The molecule has 2 aromatic heterocycles. The van der Waals surface area contributed by atoms with Crippen LogP contribution in [0.2, 0.25) is 0 Å². The number of halogens is 1. The molecule has 5 nitrogen and oxygen atoms in total. The molecular formula is C12H13BrN4O. The zero-order chi connectivity index (χ0) is 12.6. The van der Waals surface area contributed by atoms with Gasteiger partial charge >= 0.3 is 0 Å². The molecule has 2 aromatic rings. The lowest BCUT2D eigenvalue weighted by molar-refractivity contribution is 0.275. The van der Waals surface area contributed by atoms with Crippen LogP contribution in [0.25, 0.3) is 11.5 Å². The van der Waals surface area contributed by atoms with Gasteiger partial charge in [0.2, 0.25) is 11.7 Å². The Kier molecular flexibility index (Phi) is 2.91. The molecule has 6 heteroatoms. The van der Waals surface area contributed by atoms with Crippen molar-refractivity contribution in [1.82, 2.24) is 20.4 Å². The summed E-state index contributed by atoms with van der Waals surface area (Å²) in [4.78, 5) is 8.72. The summed E-state index contributed by atoms with van der Waals surface area (Å²) in [5.41, 5.74) is 0.501. The second-order valence-corrected chi connectivity index (χ2v) is 5.47. The predicted molar refractivity (Wildman–Crippen MR) is 69.8 cm³/mol. The van der Waals surface area contributed by atoms with Gasteiger partial charge in [0.15, 0.2) is 0 Å². The predicted octanol–water partition coefficient (Wildman–Crippen LogP) is 2.49. The van der Waals surface area contributed by atoms with E-state index in [9.17, 15) is 0 Å². The molecular weight excluding hydrogens is 296 g/mol. The van der Waals surface area contributed by atoms with Crippen LogP contribution < -0.4 is 5.32 Å². The quantitative estimate of drug-likeness (QED) is 0.923. The molecule has 18 heavy (non-hydrogen) atoms. The summed E-state index contributed by atoms with van der Waals surface area (Å²) in [6.45, 7) is 3.08. The number of rotatable bonds is 2. The Balaban J connectivity index is 1.97. The number of nitrogens with one attached hydrogen (secondary N) is 1. The van der Waals surface area contributed by atoms with E-state index in [2.05, 4.69) is 43.3 Å². The van der Waals surface area contributed by atoms with Gasteiger partial charge in [-0.15, -0.1) is 0 Å². The molecule has 1 unspecified atom stereocenters. The first kappa shape index (κ1) is 11.8. The fourth-order valence-corrected chi connectivity index (χ4v) is 2.60. The number of hydrogen-bond donors (Lipinski definition) is 1. The van der Waals surface area contributed by atoms with E-state index in [0.29, 0.717) is 17.4 Å². The summed E-state index contributed by atoms with van der Waals surface area (Å²) in [7, 11) is 0. The second-order valence-electron chi connectivity index (χ2n) is 4.62. The summed E-state index contributed by atoms with van der Waals surface area (Å²) in [6.07, 6.45) is 3.85. The Morgan fingerprint density at radius 2 is 2.39 bits per heavy atom. The van der Waals surface area contributed by atoms with E-state index < -0.39 is 0 Å². The molecule has 94 valence electrons. The molecule has 0 radical (unpaired) electrons. The second kappa shape index (κ2) is 4.44. The molecule has 3 heterocycles. The van der Waals surface area contributed by atoms with Crippen molar-refractivity contribution < 1.29 is 4.52 Å². The number of pyridine rings is 1. The SMILES string of the molecule is CC1(c2nc(-c3ncccc3Br)no2)CCCN1. The van der Waals surface area contributed by atoms with Gasteiger partial charge in [0, 0.05) is 10.7 Å². The maximum atomic E-state index is 5.38. The Labute approximate surface area is 113 Å². The van der Waals surface area contributed by atoms with Gasteiger partial charge in [-0.25, -0.2) is 0 Å². The van der Waals surface area contributed by atoms with Crippen molar-refractivity contribution in [3.8, 4) is 11.5 Å². The van der Waals surface area contributed by atoms with Crippen LogP contribution in [0, 0.1) is 0 Å². The first-order chi connectivity index (χ1) is 8.69. The lowest BCUT2D eigenvalue weighted by Crippen LogP contribution is -2.33. The Hall–Kier alpha value is -1.27. The molecule has 0 saturated carbocycles. The van der Waals surface area contributed by atoms with Gasteiger partial charge in [-0.2, -0.15) is 4.98 Å². The van der Waals surface area contributed by atoms with Gasteiger partial charge in [0.25, 0.3) is 0 Å². The van der Waals surface area contributed by atoms with Gasteiger partial charge in [0.05, 0.1) is 5.54 Å². The average Bonchev–Trinajstić information content (AvgIpc) is 2.99. The normalized spacial score (nSPS) is 23.4. The molecule has 1 atom stereocenters. The molecule has 1 saturated heterocycles. The van der Waals surface area contributed by atoms with Crippen LogP contribution in [0.1, 0.15) is 25.7 Å². The fraction of sp³-hybridized carbons (Fsp3) is 0.417. The Bertz CT molecular complexity index is 563. The minimum absolute atomic E-state index is 0.202. The van der Waals surface area contributed by atoms with Crippen LogP contribution in [-0.2, 0) is 5.54 Å². The van der Waals surface area contributed by atoms with E-state index in [4.69, 9.17) is 4.52 Å². The summed E-state index contributed by atoms with van der Waals surface area (Å²) in [5, 5.41) is 7.42. The van der Waals surface area contributed by atoms with Crippen LogP contribution in [0.15, 0.2) is 27.3 Å². The first-order valence-electron chi connectivity index (χ1n) is 5.89. The van der Waals surface area contributed by atoms with E-state index in [0.717, 1.165) is 23.9 Å². The van der Waals surface area contributed by atoms with Crippen molar-refractivity contribution in [2.75, 3.05) is 6.54 Å². The highest BCUT2D eigenvalue weighted by Gasteiger charge is 2.36. The minimum Gasteiger partial charge on any atom is -0.337 e. The highest BCUT2D eigenvalue weighted by molar-refractivity contribution is 9.10. The molecule has 0 aliphatic carbocycles. The summed E-state index contributed by atoms with van der Waals surface area (Å²) >= 11 is 3.44. The van der Waals surface area contributed by atoms with Gasteiger partial charge in [-0.1, -0.05) is 5.16 Å². The lowest BCUT2D eigenvalue weighted by Gasteiger charge is -2.18. The highest BCUT2D eigenvalue weighted by atomic mass is 79.9. The number of aromatic nitrogens is 3. The zero-order valence-electron chi connectivity index (χ0n) is 9.98. The monoisotopic (exact) mass is 308 g/mol. The van der Waals surface area contributed by atoms with Crippen molar-refractivity contribution in [3.05, 3.63) is 28.7 Å². The summed E-state index contributed by atoms with van der Waals surface area (Å²) in [5.74, 6) is 1.15. The molecule has 1 aliphatic rings. The van der Waals surface area contributed by atoms with Crippen LogP contribution in [0.3, 0.4) is 0 Å². The molecule has 0 amide bonds. The van der Waals surface area contributed by atoms with Crippen molar-refractivity contribution in [2.45, 2.75) is 25.3 Å². The van der Waals surface area contributed by atoms with Crippen molar-refractivity contribution in [1.29, 1.82) is 0 Å². The van der Waals surface area contributed by atoms with E-state index in [1.54, 1.807) is 6.20 Å². The molecule has 1 fully saturated rings. The minimum atomic E-state index is -0.202. The zero-order valence-corrected chi connectivity index (χ0v) is 11.6. The van der Waals surface area contributed by atoms with Crippen LogP contribution >= 0.6 is 15.9 Å². The van der Waals surface area contributed by atoms with Crippen LogP contribution in [-0.4, -0.2) is 21.7 Å². The summed E-state index contributed by atoms with van der Waals surface area (Å²) < 4.78 is 6.24. The largest absolute Gasteiger partial charge is 0.337 e. The van der Waals surface area contributed by atoms with Gasteiger partial charge in [-0.05, 0) is 54.4 Å². The molecule has 0 aromatic carbocycles. The van der Waals surface area contributed by atoms with Gasteiger partial charge < -0.3 is 9.84 Å². The van der Waals surface area contributed by atoms with Crippen molar-refractivity contribution in [2.24, 2.45) is 0 Å². The Morgan fingerprint density at radius 3 is 3.11 bits per heavy atom. The maximum absolute atomic E-state index is 5.38. The highest BCUT2D eigenvalue weighted by Crippen LogP contribution is 2.31. The van der Waals surface area contributed by atoms with Gasteiger partial charge in [-0.3, -0.25) is 4.98 Å². The van der Waals surface area contributed by atoms with Crippen molar-refractivity contribution in [3.63, 3.8) is 0 Å². The van der Waals surface area contributed by atoms with E-state index in [1.807, 2.05) is 12.1 Å². The Morgan fingerprint density at radius 1 is 1.50 bits per heavy atom. The summed E-state index contributed by atoms with van der Waals surface area (Å²) in [6, 6.07) is 3.77. The third-order valence-corrected chi connectivity index (χ3v) is 3.88. The van der Waals surface area contributed by atoms with Gasteiger partial charge in [0.1, 0.15) is 5.69 Å². The van der Waals surface area contributed by atoms with E-state index in [-0.39, 0.29) is 5.54 Å². The third-order valence-electron chi connectivity index (χ3n) is 3.24. The van der Waals surface area contributed by atoms with Crippen LogP contribution in [0.5, 0.6) is 0 Å². The number of nitrogens with zero attached hydrogens (tertiary/aromatic N) is 3. The topological polar surface area (TPSA) is 63.8 Å². The van der Waals surface area contributed by atoms with Crippen LogP contribution in [0.4, 0.5) is 0 Å². The first-order valence-corrected chi connectivity index (χ1v) is 6.68. The molecule has 3 rings (SSSR count).